The fraction of sp³-hybridized carbons (Fsp3) is 0.900. The Morgan fingerprint density at radius 1 is 1.50 bits per heavy atom. The van der Waals surface area contributed by atoms with Gasteiger partial charge in [0.1, 0.15) is 0 Å². The summed E-state index contributed by atoms with van der Waals surface area (Å²) in [6, 6.07) is 0. The van der Waals surface area contributed by atoms with Crippen molar-refractivity contribution in [1.29, 1.82) is 0 Å². The van der Waals surface area contributed by atoms with Gasteiger partial charge in [-0.05, 0) is 25.7 Å². The van der Waals surface area contributed by atoms with Crippen molar-refractivity contribution in [2.45, 2.75) is 39.5 Å². The molecule has 0 aliphatic heterocycles. The van der Waals surface area contributed by atoms with Crippen LogP contribution in [0.15, 0.2) is 0 Å². The molecule has 0 spiro atoms. The summed E-state index contributed by atoms with van der Waals surface area (Å²) in [7, 11) is 0. The SMILES string of the molecule is CCNC(=O)[C@H]1CCC[C@H](C)C1. The summed E-state index contributed by atoms with van der Waals surface area (Å²) in [5.74, 6) is 1.31. The Hall–Kier alpha value is -0.530. The number of rotatable bonds is 2. The molecule has 0 saturated heterocycles. The highest BCUT2D eigenvalue weighted by Gasteiger charge is 2.24. The van der Waals surface area contributed by atoms with Crippen LogP contribution in [0, 0.1) is 11.8 Å². The molecule has 0 aromatic carbocycles. The van der Waals surface area contributed by atoms with E-state index in [1.165, 1.54) is 12.8 Å². The number of hydrogen-bond acceptors (Lipinski definition) is 1. The summed E-state index contributed by atoms with van der Waals surface area (Å²) in [5.41, 5.74) is 0. The highest BCUT2D eigenvalue weighted by molar-refractivity contribution is 5.78. The van der Waals surface area contributed by atoms with E-state index in [0.29, 0.717) is 5.92 Å². The summed E-state index contributed by atoms with van der Waals surface area (Å²) >= 11 is 0. The topological polar surface area (TPSA) is 29.1 Å². The van der Waals surface area contributed by atoms with Gasteiger partial charge >= 0.3 is 0 Å². The third-order valence-corrected chi connectivity index (χ3v) is 2.66. The Balaban J connectivity index is 2.35. The van der Waals surface area contributed by atoms with Gasteiger partial charge in [-0.1, -0.05) is 19.8 Å². The van der Waals surface area contributed by atoms with Crippen LogP contribution in [0.1, 0.15) is 39.5 Å². The summed E-state index contributed by atoms with van der Waals surface area (Å²) in [6.07, 6.45) is 4.71. The zero-order valence-corrected chi connectivity index (χ0v) is 8.10. The molecule has 0 unspecified atom stereocenters. The van der Waals surface area contributed by atoms with Crippen LogP contribution in [0.3, 0.4) is 0 Å². The van der Waals surface area contributed by atoms with Gasteiger partial charge < -0.3 is 5.32 Å². The molecule has 0 radical (unpaired) electrons. The maximum Gasteiger partial charge on any atom is 0.223 e. The minimum absolute atomic E-state index is 0.268. The van der Waals surface area contributed by atoms with E-state index >= 15 is 0 Å². The molecule has 1 aliphatic carbocycles. The zero-order valence-electron chi connectivity index (χ0n) is 8.10. The van der Waals surface area contributed by atoms with Crippen LogP contribution in [0.2, 0.25) is 0 Å². The standard InChI is InChI=1S/C10H19NO/c1-3-11-10(12)9-6-4-5-8(2)7-9/h8-9H,3-7H2,1-2H3,(H,11,12)/t8-,9-/m0/s1. The predicted molar refractivity (Wildman–Crippen MR) is 49.8 cm³/mol. The highest BCUT2D eigenvalue weighted by Crippen LogP contribution is 2.28. The molecular formula is C10H19NO. The lowest BCUT2D eigenvalue weighted by Crippen LogP contribution is -2.33. The van der Waals surface area contributed by atoms with E-state index in [9.17, 15) is 4.79 Å². The summed E-state index contributed by atoms with van der Waals surface area (Å²) in [6.45, 7) is 4.99. The van der Waals surface area contributed by atoms with Crippen molar-refractivity contribution in [3.05, 3.63) is 0 Å². The molecule has 70 valence electrons. The van der Waals surface area contributed by atoms with Gasteiger partial charge in [0, 0.05) is 12.5 Å². The Morgan fingerprint density at radius 3 is 2.83 bits per heavy atom. The average molecular weight is 169 g/mol. The number of carbonyl (C=O) groups is 1. The van der Waals surface area contributed by atoms with Crippen LogP contribution in [0.5, 0.6) is 0 Å². The van der Waals surface area contributed by atoms with E-state index in [1.807, 2.05) is 6.92 Å². The molecule has 0 heterocycles. The average Bonchev–Trinajstić information content (AvgIpc) is 2.05. The van der Waals surface area contributed by atoms with Crippen LogP contribution in [-0.2, 0) is 4.79 Å². The van der Waals surface area contributed by atoms with Crippen LogP contribution >= 0.6 is 0 Å². The van der Waals surface area contributed by atoms with Crippen molar-refractivity contribution in [2.24, 2.45) is 11.8 Å². The fourth-order valence-corrected chi connectivity index (χ4v) is 1.99. The second-order valence-corrected chi connectivity index (χ2v) is 3.86. The van der Waals surface area contributed by atoms with Gasteiger partial charge in [-0.15, -0.1) is 0 Å². The van der Waals surface area contributed by atoms with Crippen molar-refractivity contribution in [1.82, 2.24) is 5.32 Å². The van der Waals surface area contributed by atoms with Gasteiger partial charge in [-0.2, -0.15) is 0 Å². The number of carbonyl (C=O) groups excluding carboxylic acids is 1. The molecule has 2 atom stereocenters. The van der Waals surface area contributed by atoms with Crippen LogP contribution in [-0.4, -0.2) is 12.5 Å². The highest BCUT2D eigenvalue weighted by atomic mass is 16.1. The van der Waals surface area contributed by atoms with Crippen molar-refractivity contribution in [3.8, 4) is 0 Å². The molecular weight excluding hydrogens is 150 g/mol. The monoisotopic (exact) mass is 169 g/mol. The Morgan fingerprint density at radius 2 is 2.25 bits per heavy atom. The molecule has 0 aromatic rings. The first-order chi connectivity index (χ1) is 5.74. The Bertz CT molecular complexity index is 156. The molecule has 1 N–H and O–H groups in total. The van der Waals surface area contributed by atoms with Crippen LogP contribution < -0.4 is 5.32 Å². The number of amides is 1. The molecule has 0 aromatic heterocycles. The van der Waals surface area contributed by atoms with E-state index in [2.05, 4.69) is 12.2 Å². The molecule has 1 fully saturated rings. The van der Waals surface area contributed by atoms with Crippen molar-refractivity contribution < 1.29 is 4.79 Å². The number of hydrogen-bond donors (Lipinski definition) is 1. The van der Waals surface area contributed by atoms with Crippen molar-refractivity contribution in [3.63, 3.8) is 0 Å². The maximum absolute atomic E-state index is 11.4. The largest absolute Gasteiger partial charge is 0.356 e. The van der Waals surface area contributed by atoms with Crippen molar-refractivity contribution in [2.75, 3.05) is 6.54 Å². The van der Waals surface area contributed by atoms with Gasteiger partial charge in [-0.25, -0.2) is 0 Å². The van der Waals surface area contributed by atoms with E-state index < -0.39 is 0 Å². The van der Waals surface area contributed by atoms with E-state index in [-0.39, 0.29) is 5.91 Å². The molecule has 0 bridgehead atoms. The van der Waals surface area contributed by atoms with Crippen LogP contribution in [0.25, 0.3) is 0 Å². The second-order valence-electron chi connectivity index (χ2n) is 3.86. The van der Waals surface area contributed by atoms with Gasteiger partial charge in [-0.3, -0.25) is 4.79 Å². The molecule has 1 aliphatic rings. The first kappa shape index (κ1) is 9.56. The molecule has 1 rings (SSSR count). The van der Waals surface area contributed by atoms with E-state index in [0.717, 1.165) is 25.3 Å². The zero-order chi connectivity index (χ0) is 8.97. The lowest BCUT2D eigenvalue weighted by Gasteiger charge is -2.25. The summed E-state index contributed by atoms with van der Waals surface area (Å²) in [4.78, 5) is 11.4. The van der Waals surface area contributed by atoms with E-state index in [1.54, 1.807) is 0 Å². The second kappa shape index (κ2) is 4.48. The summed E-state index contributed by atoms with van der Waals surface area (Å²) < 4.78 is 0. The first-order valence-corrected chi connectivity index (χ1v) is 5.01. The smallest absolute Gasteiger partial charge is 0.223 e. The van der Waals surface area contributed by atoms with Gasteiger partial charge in [0.2, 0.25) is 5.91 Å². The Labute approximate surface area is 74.7 Å². The minimum atomic E-state index is 0.268. The quantitative estimate of drug-likeness (QED) is 0.672. The molecule has 2 heteroatoms. The maximum atomic E-state index is 11.4. The van der Waals surface area contributed by atoms with Crippen molar-refractivity contribution >= 4 is 5.91 Å². The fourth-order valence-electron chi connectivity index (χ4n) is 1.99. The molecule has 1 saturated carbocycles. The lowest BCUT2D eigenvalue weighted by molar-refractivity contribution is -0.126. The third kappa shape index (κ3) is 2.50. The van der Waals surface area contributed by atoms with Gasteiger partial charge in [0.25, 0.3) is 0 Å². The van der Waals surface area contributed by atoms with Gasteiger partial charge in [0.15, 0.2) is 0 Å². The molecule has 12 heavy (non-hydrogen) atoms. The predicted octanol–water partition coefficient (Wildman–Crippen LogP) is 1.95. The molecule has 1 amide bonds. The number of nitrogens with one attached hydrogen (secondary N) is 1. The van der Waals surface area contributed by atoms with Crippen LogP contribution in [0.4, 0.5) is 0 Å². The minimum Gasteiger partial charge on any atom is -0.356 e. The lowest BCUT2D eigenvalue weighted by atomic mass is 9.82. The van der Waals surface area contributed by atoms with E-state index in [4.69, 9.17) is 0 Å². The third-order valence-electron chi connectivity index (χ3n) is 2.66. The normalized spacial score (nSPS) is 29.8. The Kier molecular flexibility index (Phi) is 3.57. The molecule has 2 nitrogen and oxygen atoms in total. The van der Waals surface area contributed by atoms with Gasteiger partial charge in [0.05, 0.1) is 0 Å². The summed E-state index contributed by atoms with van der Waals surface area (Å²) in [5, 5.41) is 2.90. The first-order valence-electron chi connectivity index (χ1n) is 5.01.